The molecule has 2 N–H and O–H groups in total. The second kappa shape index (κ2) is 11.1. The van der Waals surface area contributed by atoms with Gasteiger partial charge in [0.15, 0.2) is 0 Å². The van der Waals surface area contributed by atoms with Crippen molar-refractivity contribution in [3.05, 3.63) is 29.8 Å². The van der Waals surface area contributed by atoms with Crippen molar-refractivity contribution in [1.82, 2.24) is 10.2 Å². The van der Waals surface area contributed by atoms with Crippen molar-refractivity contribution in [1.29, 1.82) is 0 Å². The van der Waals surface area contributed by atoms with Gasteiger partial charge >= 0.3 is 17.8 Å². The summed E-state index contributed by atoms with van der Waals surface area (Å²) in [5.41, 5.74) is 0.809. The Morgan fingerprint density at radius 3 is 2.47 bits per heavy atom. The van der Waals surface area contributed by atoms with E-state index < -0.39 is 17.8 Å². The number of ether oxygens (including phenoxy) is 3. The molecule has 3 rings (SSSR count). The Kier molecular flexibility index (Phi) is 8.18. The zero-order valence-electron chi connectivity index (χ0n) is 17.2. The molecule has 9 nitrogen and oxygen atoms in total. The highest BCUT2D eigenvalue weighted by Crippen LogP contribution is 2.22. The van der Waals surface area contributed by atoms with Crippen LogP contribution in [0.1, 0.15) is 23.7 Å². The van der Waals surface area contributed by atoms with E-state index in [9.17, 15) is 14.4 Å². The predicted molar refractivity (Wildman–Crippen MR) is 109 cm³/mol. The van der Waals surface area contributed by atoms with Crippen LogP contribution in [0.3, 0.4) is 0 Å². The highest BCUT2D eigenvalue weighted by molar-refractivity contribution is 6.39. The van der Waals surface area contributed by atoms with Crippen LogP contribution in [-0.4, -0.2) is 81.4 Å². The van der Waals surface area contributed by atoms with Gasteiger partial charge in [-0.2, -0.15) is 0 Å². The zero-order valence-corrected chi connectivity index (χ0v) is 17.2. The van der Waals surface area contributed by atoms with E-state index in [0.717, 1.165) is 26.1 Å². The van der Waals surface area contributed by atoms with Gasteiger partial charge in [0.05, 0.1) is 32.0 Å². The summed E-state index contributed by atoms with van der Waals surface area (Å²) in [4.78, 5) is 38.6. The molecule has 2 aliphatic heterocycles. The van der Waals surface area contributed by atoms with Crippen LogP contribution in [0, 0.1) is 5.92 Å². The molecule has 2 aliphatic rings. The molecule has 2 saturated heterocycles. The van der Waals surface area contributed by atoms with Gasteiger partial charge in [-0.25, -0.2) is 4.79 Å². The lowest BCUT2D eigenvalue weighted by atomic mass is 9.97. The predicted octanol–water partition coefficient (Wildman–Crippen LogP) is 0.655. The van der Waals surface area contributed by atoms with Crippen molar-refractivity contribution in [2.24, 2.45) is 5.92 Å². The Balaban J connectivity index is 1.52. The number of amides is 2. The van der Waals surface area contributed by atoms with Gasteiger partial charge < -0.3 is 24.8 Å². The molecular weight excluding hydrogens is 390 g/mol. The first-order valence-corrected chi connectivity index (χ1v) is 10.3. The average Bonchev–Trinajstić information content (AvgIpc) is 3.30. The maximum Gasteiger partial charge on any atom is 0.338 e. The van der Waals surface area contributed by atoms with Crippen molar-refractivity contribution >= 4 is 23.5 Å². The Bertz CT molecular complexity index is 727. The van der Waals surface area contributed by atoms with Crippen molar-refractivity contribution < 1.29 is 28.6 Å². The fourth-order valence-corrected chi connectivity index (χ4v) is 3.73. The fourth-order valence-electron chi connectivity index (χ4n) is 3.73. The number of rotatable bonds is 7. The number of benzene rings is 1. The number of nitrogens with one attached hydrogen (secondary N) is 2. The quantitative estimate of drug-likeness (QED) is 0.494. The van der Waals surface area contributed by atoms with E-state index in [0.29, 0.717) is 43.5 Å². The van der Waals surface area contributed by atoms with Crippen LogP contribution in [0.2, 0.25) is 0 Å². The van der Waals surface area contributed by atoms with Crippen LogP contribution in [0.25, 0.3) is 0 Å². The van der Waals surface area contributed by atoms with E-state index in [-0.39, 0.29) is 12.6 Å². The molecule has 0 spiro atoms. The summed E-state index contributed by atoms with van der Waals surface area (Å²) in [6.45, 7) is 6.72. The molecule has 2 unspecified atom stereocenters. The molecule has 0 aliphatic carbocycles. The maximum absolute atomic E-state index is 12.3. The standard InChI is InChI=1S/C21H29N3O6/c1-2-30-21(27)15-3-5-17(6-4-15)23-20(26)19(25)22-13-18(16-7-10-29-14-16)24-8-11-28-12-9-24/h3-6,16,18H,2,7-14H2,1H3,(H,22,25)(H,23,26). The van der Waals surface area contributed by atoms with E-state index in [1.807, 2.05) is 0 Å². The largest absolute Gasteiger partial charge is 0.462 e. The first kappa shape index (κ1) is 22.2. The summed E-state index contributed by atoms with van der Waals surface area (Å²) >= 11 is 0. The molecule has 0 radical (unpaired) electrons. The first-order chi connectivity index (χ1) is 14.6. The summed E-state index contributed by atoms with van der Waals surface area (Å²) in [5.74, 6) is -1.55. The Morgan fingerprint density at radius 1 is 1.10 bits per heavy atom. The van der Waals surface area contributed by atoms with Crippen molar-refractivity contribution in [2.45, 2.75) is 19.4 Å². The number of carbonyl (C=O) groups excluding carboxylic acids is 3. The fraction of sp³-hybridized carbons (Fsp3) is 0.571. The van der Waals surface area contributed by atoms with Crippen LogP contribution in [0.15, 0.2) is 24.3 Å². The molecule has 2 amide bonds. The van der Waals surface area contributed by atoms with E-state index in [4.69, 9.17) is 14.2 Å². The lowest BCUT2D eigenvalue weighted by Crippen LogP contribution is -2.53. The van der Waals surface area contributed by atoms with Crippen LogP contribution in [-0.2, 0) is 23.8 Å². The first-order valence-electron chi connectivity index (χ1n) is 10.3. The second-order valence-corrected chi connectivity index (χ2v) is 7.30. The number of morpholine rings is 1. The third kappa shape index (κ3) is 6.01. The van der Waals surface area contributed by atoms with Gasteiger partial charge in [0, 0.05) is 43.9 Å². The Hall–Kier alpha value is -2.49. The van der Waals surface area contributed by atoms with Gasteiger partial charge in [0.1, 0.15) is 0 Å². The molecule has 0 aromatic heterocycles. The molecule has 0 bridgehead atoms. The summed E-state index contributed by atoms with van der Waals surface area (Å²) in [5, 5.41) is 5.31. The van der Waals surface area contributed by atoms with E-state index in [1.54, 1.807) is 31.2 Å². The Labute approximate surface area is 176 Å². The number of hydrogen-bond donors (Lipinski definition) is 2. The minimum Gasteiger partial charge on any atom is -0.462 e. The molecule has 2 heterocycles. The second-order valence-electron chi connectivity index (χ2n) is 7.30. The molecule has 164 valence electrons. The summed E-state index contributed by atoms with van der Waals surface area (Å²) in [6.07, 6.45) is 0.941. The molecule has 2 fully saturated rings. The molecule has 0 saturated carbocycles. The van der Waals surface area contributed by atoms with Crippen LogP contribution in [0.4, 0.5) is 5.69 Å². The van der Waals surface area contributed by atoms with E-state index in [1.165, 1.54) is 0 Å². The topological polar surface area (TPSA) is 106 Å². The molecule has 1 aromatic carbocycles. The average molecular weight is 419 g/mol. The summed E-state index contributed by atoms with van der Waals surface area (Å²) < 4.78 is 15.9. The smallest absolute Gasteiger partial charge is 0.338 e. The molecule has 2 atom stereocenters. The van der Waals surface area contributed by atoms with E-state index >= 15 is 0 Å². The third-order valence-electron chi connectivity index (χ3n) is 5.36. The molecule has 30 heavy (non-hydrogen) atoms. The highest BCUT2D eigenvalue weighted by Gasteiger charge is 2.32. The normalized spacial score (nSPS) is 20.4. The van der Waals surface area contributed by atoms with Gasteiger partial charge in [-0.1, -0.05) is 0 Å². The molecule has 1 aromatic rings. The minimum atomic E-state index is -0.748. The van der Waals surface area contributed by atoms with Crippen LogP contribution >= 0.6 is 0 Å². The SMILES string of the molecule is CCOC(=O)c1ccc(NC(=O)C(=O)NCC(C2CCOC2)N2CCOCC2)cc1. The number of nitrogens with zero attached hydrogens (tertiary/aromatic N) is 1. The number of esters is 1. The van der Waals surface area contributed by atoms with Crippen LogP contribution in [0.5, 0.6) is 0 Å². The highest BCUT2D eigenvalue weighted by atomic mass is 16.5. The lowest BCUT2D eigenvalue weighted by Gasteiger charge is -2.37. The molecule has 9 heteroatoms. The van der Waals surface area contributed by atoms with Crippen molar-refractivity contribution in [3.63, 3.8) is 0 Å². The number of carbonyl (C=O) groups is 3. The monoisotopic (exact) mass is 419 g/mol. The third-order valence-corrected chi connectivity index (χ3v) is 5.36. The van der Waals surface area contributed by atoms with Gasteiger partial charge in [0.2, 0.25) is 0 Å². The zero-order chi connectivity index (χ0) is 21.3. The van der Waals surface area contributed by atoms with Gasteiger partial charge in [0.25, 0.3) is 0 Å². The van der Waals surface area contributed by atoms with Crippen molar-refractivity contribution in [2.75, 3.05) is 58.0 Å². The van der Waals surface area contributed by atoms with Gasteiger partial charge in [-0.3, -0.25) is 14.5 Å². The number of anilines is 1. The summed E-state index contributed by atoms with van der Waals surface area (Å²) in [6, 6.07) is 6.31. The van der Waals surface area contributed by atoms with Gasteiger partial charge in [-0.05, 0) is 37.6 Å². The van der Waals surface area contributed by atoms with Gasteiger partial charge in [-0.15, -0.1) is 0 Å². The van der Waals surface area contributed by atoms with E-state index in [2.05, 4.69) is 15.5 Å². The lowest BCUT2D eigenvalue weighted by molar-refractivity contribution is -0.136. The Morgan fingerprint density at radius 2 is 1.83 bits per heavy atom. The minimum absolute atomic E-state index is 0.108. The maximum atomic E-state index is 12.3. The van der Waals surface area contributed by atoms with Crippen molar-refractivity contribution in [3.8, 4) is 0 Å². The summed E-state index contributed by atoms with van der Waals surface area (Å²) in [7, 11) is 0. The van der Waals surface area contributed by atoms with Crippen LogP contribution < -0.4 is 10.6 Å². The molecular formula is C21H29N3O6. The number of hydrogen-bond acceptors (Lipinski definition) is 7.